The van der Waals surface area contributed by atoms with Crippen molar-refractivity contribution in [2.45, 2.75) is 13.0 Å². The van der Waals surface area contributed by atoms with Gasteiger partial charge in [0.2, 0.25) is 5.91 Å². The van der Waals surface area contributed by atoms with E-state index in [2.05, 4.69) is 15.6 Å². The molecule has 1 aliphatic rings. The summed E-state index contributed by atoms with van der Waals surface area (Å²) in [7, 11) is 0. The van der Waals surface area contributed by atoms with Crippen LogP contribution < -0.4 is 10.6 Å². The summed E-state index contributed by atoms with van der Waals surface area (Å²) in [5, 5.41) is 6.21. The van der Waals surface area contributed by atoms with Crippen LogP contribution in [0.5, 0.6) is 0 Å². The standard InChI is InChI=1S/C10H12ClN3OS/c1-6-2-7(9(11)12-3-6)14-10(15)8-4-16-5-13-8/h2-3,8,13H,4-5H2,1H3,(H,14,15). The Morgan fingerprint density at radius 2 is 2.56 bits per heavy atom. The molecule has 1 atom stereocenters. The first kappa shape index (κ1) is 11.7. The van der Waals surface area contributed by atoms with E-state index in [1.54, 1.807) is 18.0 Å². The molecule has 1 aromatic heterocycles. The maximum absolute atomic E-state index is 11.8. The lowest BCUT2D eigenvalue weighted by Gasteiger charge is -2.11. The van der Waals surface area contributed by atoms with Crippen LogP contribution in [0.3, 0.4) is 0 Å². The number of nitrogens with one attached hydrogen (secondary N) is 2. The van der Waals surface area contributed by atoms with Crippen molar-refractivity contribution in [1.82, 2.24) is 10.3 Å². The van der Waals surface area contributed by atoms with Gasteiger partial charge in [0, 0.05) is 17.8 Å². The topological polar surface area (TPSA) is 54.0 Å². The molecular weight excluding hydrogens is 246 g/mol. The first-order valence-corrected chi connectivity index (χ1v) is 6.44. The van der Waals surface area contributed by atoms with E-state index in [0.29, 0.717) is 10.8 Å². The average molecular weight is 258 g/mol. The highest BCUT2D eigenvalue weighted by atomic mass is 35.5. The Labute approximate surface area is 103 Å². The van der Waals surface area contributed by atoms with E-state index in [-0.39, 0.29) is 11.9 Å². The van der Waals surface area contributed by atoms with Gasteiger partial charge in [-0.3, -0.25) is 10.1 Å². The maximum atomic E-state index is 11.8. The fraction of sp³-hybridized carbons (Fsp3) is 0.400. The van der Waals surface area contributed by atoms with Gasteiger partial charge in [-0.25, -0.2) is 4.98 Å². The zero-order valence-electron chi connectivity index (χ0n) is 8.79. The molecular formula is C10H12ClN3OS. The highest BCUT2D eigenvalue weighted by Gasteiger charge is 2.23. The Morgan fingerprint density at radius 3 is 3.25 bits per heavy atom. The third kappa shape index (κ3) is 2.66. The van der Waals surface area contributed by atoms with Crippen LogP contribution in [0.2, 0.25) is 5.15 Å². The third-order valence-corrected chi connectivity index (χ3v) is 3.51. The molecule has 86 valence electrons. The van der Waals surface area contributed by atoms with Gasteiger partial charge in [-0.05, 0) is 18.6 Å². The Hall–Kier alpha value is -0.780. The lowest BCUT2D eigenvalue weighted by atomic mass is 10.2. The predicted molar refractivity (Wildman–Crippen MR) is 66.9 cm³/mol. The van der Waals surface area contributed by atoms with Crippen LogP contribution in [-0.2, 0) is 4.79 Å². The minimum atomic E-state index is -0.137. The van der Waals surface area contributed by atoms with Crippen molar-refractivity contribution in [3.05, 3.63) is 23.0 Å². The number of aryl methyl sites for hydroxylation is 1. The summed E-state index contributed by atoms with van der Waals surface area (Å²) in [6.45, 7) is 1.91. The first-order chi connectivity index (χ1) is 7.66. The Morgan fingerprint density at radius 1 is 1.75 bits per heavy atom. The van der Waals surface area contributed by atoms with Crippen molar-refractivity contribution in [3.63, 3.8) is 0 Å². The Bertz CT molecular complexity index is 407. The molecule has 1 saturated heterocycles. The minimum absolute atomic E-state index is 0.0562. The van der Waals surface area contributed by atoms with Crippen LogP contribution in [0.1, 0.15) is 5.56 Å². The molecule has 2 rings (SSSR count). The number of amides is 1. The molecule has 4 nitrogen and oxygen atoms in total. The number of thioether (sulfide) groups is 1. The van der Waals surface area contributed by atoms with Crippen molar-refractivity contribution in [1.29, 1.82) is 0 Å². The SMILES string of the molecule is Cc1cnc(Cl)c(NC(=O)C2CSCN2)c1. The van der Waals surface area contributed by atoms with E-state index in [1.807, 2.05) is 13.0 Å². The van der Waals surface area contributed by atoms with Crippen LogP contribution >= 0.6 is 23.4 Å². The summed E-state index contributed by atoms with van der Waals surface area (Å²) in [5.41, 5.74) is 1.54. The van der Waals surface area contributed by atoms with Gasteiger partial charge >= 0.3 is 0 Å². The summed E-state index contributed by atoms with van der Waals surface area (Å²) in [6, 6.07) is 1.68. The van der Waals surface area contributed by atoms with Gasteiger partial charge in [-0.2, -0.15) is 0 Å². The molecule has 1 unspecified atom stereocenters. The first-order valence-electron chi connectivity index (χ1n) is 4.91. The molecule has 0 aliphatic carbocycles. The second-order valence-electron chi connectivity index (χ2n) is 3.61. The van der Waals surface area contributed by atoms with Crippen LogP contribution in [-0.4, -0.2) is 28.6 Å². The van der Waals surface area contributed by atoms with E-state index in [4.69, 9.17) is 11.6 Å². The molecule has 2 N–H and O–H groups in total. The lowest BCUT2D eigenvalue weighted by molar-refractivity contribution is -0.117. The fourth-order valence-electron chi connectivity index (χ4n) is 1.42. The van der Waals surface area contributed by atoms with Crippen molar-refractivity contribution in [3.8, 4) is 0 Å². The molecule has 0 radical (unpaired) electrons. The molecule has 0 saturated carbocycles. The predicted octanol–water partition coefficient (Wildman–Crippen LogP) is 1.64. The van der Waals surface area contributed by atoms with Gasteiger partial charge in [-0.1, -0.05) is 11.6 Å². The number of hydrogen-bond acceptors (Lipinski definition) is 4. The van der Waals surface area contributed by atoms with Gasteiger partial charge in [0.05, 0.1) is 11.7 Å². The minimum Gasteiger partial charge on any atom is -0.322 e. The molecule has 0 spiro atoms. The smallest absolute Gasteiger partial charge is 0.242 e. The third-order valence-electron chi connectivity index (χ3n) is 2.27. The van der Waals surface area contributed by atoms with E-state index < -0.39 is 0 Å². The summed E-state index contributed by atoms with van der Waals surface area (Å²) in [4.78, 5) is 15.8. The number of pyridine rings is 1. The average Bonchev–Trinajstić information content (AvgIpc) is 2.76. The van der Waals surface area contributed by atoms with Gasteiger partial charge in [0.15, 0.2) is 5.15 Å². The zero-order valence-corrected chi connectivity index (χ0v) is 10.4. The molecule has 1 aliphatic heterocycles. The normalized spacial score (nSPS) is 19.8. The molecule has 0 bridgehead atoms. The van der Waals surface area contributed by atoms with Crippen LogP contribution in [0.4, 0.5) is 5.69 Å². The lowest BCUT2D eigenvalue weighted by Crippen LogP contribution is -2.37. The van der Waals surface area contributed by atoms with E-state index >= 15 is 0 Å². The van der Waals surface area contributed by atoms with Crippen molar-refractivity contribution >= 4 is 35.0 Å². The molecule has 1 aromatic rings. The van der Waals surface area contributed by atoms with Gasteiger partial charge < -0.3 is 5.32 Å². The number of nitrogens with zero attached hydrogens (tertiary/aromatic N) is 1. The number of rotatable bonds is 2. The largest absolute Gasteiger partial charge is 0.322 e. The zero-order chi connectivity index (χ0) is 11.5. The van der Waals surface area contributed by atoms with Gasteiger partial charge in [0.25, 0.3) is 0 Å². The molecule has 1 fully saturated rings. The van der Waals surface area contributed by atoms with Gasteiger partial charge in [-0.15, -0.1) is 11.8 Å². The van der Waals surface area contributed by atoms with Gasteiger partial charge in [0.1, 0.15) is 0 Å². The van der Waals surface area contributed by atoms with E-state index in [1.165, 1.54) is 0 Å². The highest BCUT2D eigenvalue weighted by Crippen LogP contribution is 2.20. The molecule has 6 heteroatoms. The number of aromatic nitrogens is 1. The summed E-state index contributed by atoms with van der Waals surface area (Å²) < 4.78 is 0. The maximum Gasteiger partial charge on any atom is 0.242 e. The number of halogens is 1. The molecule has 0 aromatic carbocycles. The van der Waals surface area contributed by atoms with Crippen LogP contribution in [0.25, 0.3) is 0 Å². The molecule has 1 amide bonds. The second-order valence-corrected chi connectivity index (χ2v) is 5.00. The Kier molecular flexibility index (Phi) is 3.68. The summed E-state index contributed by atoms with van der Waals surface area (Å²) >= 11 is 7.60. The highest BCUT2D eigenvalue weighted by molar-refractivity contribution is 7.99. The molecule has 2 heterocycles. The number of carbonyl (C=O) groups is 1. The summed E-state index contributed by atoms with van der Waals surface area (Å²) in [6.07, 6.45) is 1.67. The second kappa shape index (κ2) is 5.03. The quantitative estimate of drug-likeness (QED) is 0.791. The number of carbonyl (C=O) groups excluding carboxylic acids is 1. The van der Waals surface area contributed by atoms with Crippen molar-refractivity contribution in [2.75, 3.05) is 16.9 Å². The monoisotopic (exact) mass is 257 g/mol. The number of anilines is 1. The summed E-state index contributed by atoms with van der Waals surface area (Å²) in [5.74, 6) is 1.56. The Balaban J connectivity index is 2.07. The van der Waals surface area contributed by atoms with E-state index in [0.717, 1.165) is 17.2 Å². The fourth-order valence-corrected chi connectivity index (χ4v) is 2.52. The van der Waals surface area contributed by atoms with Crippen LogP contribution in [0, 0.1) is 6.92 Å². The molecule has 16 heavy (non-hydrogen) atoms. The van der Waals surface area contributed by atoms with Crippen LogP contribution in [0.15, 0.2) is 12.3 Å². The van der Waals surface area contributed by atoms with Crippen molar-refractivity contribution < 1.29 is 4.79 Å². The van der Waals surface area contributed by atoms with E-state index in [9.17, 15) is 4.79 Å². The van der Waals surface area contributed by atoms with Crippen molar-refractivity contribution in [2.24, 2.45) is 0 Å². The number of hydrogen-bond donors (Lipinski definition) is 2.